The Labute approximate surface area is 117 Å². The lowest BCUT2D eigenvalue weighted by Crippen LogP contribution is -2.39. The van der Waals surface area contributed by atoms with Gasteiger partial charge >= 0.3 is 0 Å². The maximum atomic E-state index is 9.17. The van der Waals surface area contributed by atoms with E-state index >= 15 is 0 Å². The van der Waals surface area contributed by atoms with Crippen molar-refractivity contribution in [2.75, 3.05) is 0 Å². The molecule has 0 saturated heterocycles. The molecule has 1 aliphatic rings. The molecule has 19 heavy (non-hydrogen) atoms. The van der Waals surface area contributed by atoms with Crippen molar-refractivity contribution >= 4 is 0 Å². The minimum Gasteiger partial charge on any atom is -0.198 e. The molecule has 0 amide bonds. The zero-order chi connectivity index (χ0) is 13.9. The number of benzene rings is 1. The summed E-state index contributed by atoms with van der Waals surface area (Å²) in [5.41, 5.74) is 1.60. The molecule has 0 aromatic heterocycles. The van der Waals surface area contributed by atoms with E-state index in [1.54, 1.807) is 0 Å². The van der Waals surface area contributed by atoms with Crippen molar-refractivity contribution in [3.05, 3.63) is 35.9 Å². The highest BCUT2D eigenvalue weighted by atomic mass is 14.5. The van der Waals surface area contributed by atoms with Crippen LogP contribution in [0.3, 0.4) is 0 Å². The lowest BCUT2D eigenvalue weighted by molar-refractivity contribution is 0.128. The zero-order valence-electron chi connectivity index (χ0n) is 12.4. The molecule has 1 fully saturated rings. The van der Waals surface area contributed by atoms with Gasteiger partial charge in [0.25, 0.3) is 0 Å². The summed E-state index contributed by atoms with van der Waals surface area (Å²) in [6.45, 7) is 7.00. The Kier molecular flexibility index (Phi) is 4.30. The smallest absolute Gasteiger partial charge is 0.0625 e. The van der Waals surface area contributed by atoms with E-state index in [1.807, 2.05) is 0 Å². The van der Waals surface area contributed by atoms with E-state index in [-0.39, 0.29) is 5.41 Å². The van der Waals surface area contributed by atoms with E-state index in [0.717, 1.165) is 11.8 Å². The molecule has 0 spiro atoms. The Morgan fingerprint density at radius 3 is 2.58 bits per heavy atom. The second kappa shape index (κ2) is 5.78. The van der Waals surface area contributed by atoms with Gasteiger partial charge in [-0.2, -0.15) is 5.26 Å². The van der Waals surface area contributed by atoms with Crippen molar-refractivity contribution in [3.8, 4) is 6.07 Å². The number of hydrogen-bond acceptors (Lipinski definition) is 1. The average Bonchev–Trinajstić information content (AvgIpc) is 2.42. The summed E-state index contributed by atoms with van der Waals surface area (Å²) in [6, 6.07) is 13.2. The largest absolute Gasteiger partial charge is 0.198 e. The molecular weight excluding hydrogens is 230 g/mol. The minimum atomic E-state index is 0.183. The van der Waals surface area contributed by atoms with E-state index in [0.29, 0.717) is 12.3 Å². The first kappa shape index (κ1) is 14.1. The van der Waals surface area contributed by atoms with Crippen molar-refractivity contribution in [2.45, 2.75) is 51.9 Å². The molecule has 2 rings (SSSR count). The molecule has 0 N–H and O–H groups in total. The molecule has 102 valence electrons. The van der Waals surface area contributed by atoms with Crippen LogP contribution in [0.1, 0.15) is 52.0 Å². The van der Waals surface area contributed by atoms with Crippen LogP contribution in [0, 0.1) is 29.1 Å². The van der Waals surface area contributed by atoms with Crippen LogP contribution in [-0.4, -0.2) is 0 Å². The number of hydrogen-bond donors (Lipinski definition) is 0. The van der Waals surface area contributed by atoms with Crippen LogP contribution < -0.4 is 0 Å². The third kappa shape index (κ3) is 2.84. The molecule has 1 aliphatic carbocycles. The molecule has 0 radical (unpaired) electrons. The lowest BCUT2D eigenvalue weighted by atomic mass is 9.59. The van der Waals surface area contributed by atoms with Gasteiger partial charge in [0.2, 0.25) is 0 Å². The average molecular weight is 255 g/mol. The topological polar surface area (TPSA) is 23.8 Å². The summed E-state index contributed by atoms with van der Waals surface area (Å²) in [5.74, 6) is 2.03. The summed E-state index contributed by atoms with van der Waals surface area (Å²) in [5, 5.41) is 9.17. The van der Waals surface area contributed by atoms with Gasteiger partial charge in [-0.25, -0.2) is 0 Å². The van der Waals surface area contributed by atoms with Crippen LogP contribution in [0.5, 0.6) is 0 Å². The highest BCUT2D eigenvalue weighted by molar-refractivity contribution is 5.27. The Balaban J connectivity index is 2.27. The van der Waals surface area contributed by atoms with Crippen molar-refractivity contribution in [3.63, 3.8) is 0 Å². The summed E-state index contributed by atoms with van der Waals surface area (Å²) in [7, 11) is 0. The van der Waals surface area contributed by atoms with E-state index in [2.05, 4.69) is 57.2 Å². The minimum absolute atomic E-state index is 0.183. The molecule has 1 nitrogen and oxygen atoms in total. The van der Waals surface area contributed by atoms with Crippen LogP contribution in [0.15, 0.2) is 30.3 Å². The summed E-state index contributed by atoms with van der Waals surface area (Å²) >= 11 is 0. The van der Waals surface area contributed by atoms with Crippen molar-refractivity contribution in [1.82, 2.24) is 0 Å². The zero-order valence-corrected chi connectivity index (χ0v) is 12.4. The number of nitrogens with zero attached hydrogens (tertiary/aromatic N) is 1. The molecule has 3 atom stereocenters. The molecule has 3 unspecified atom stereocenters. The highest BCUT2D eigenvalue weighted by Gasteiger charge is 2.41. The van der Waals surface area contributed by atoms with Gasteiger partial charge in [0.1, 0.15) is 0 Å². The summed E-state index contributed by atoms with van der Waals surface area (Å²) in [6.07, 6.45) is 4.41. The van der Waals surface area contributed by atoms with Crippen LogP contribution >= 0.6 is 0 Å². The Morgan fingerprint density at radius 2 is 2.00 bits per heavy atom. The van der Waals surface area contributed by atoms with E-state index < -0.39 is 0 Å². The molecule has 0 heterocycles. The fourth-order valence-corrected chi connectivity index (χ4v) is 3.66. The van der Waals surface area contributed by atoms with Gasteiger partial charge < -0.3 is 0 Å². The predicted molar refractivity (Wildman–Crippen MR) is 79.7 cm³/mol. The molecule has 1 saturated carbocycles. The van der Waals surface area contributed by atoms with Crippen LogP contribution in [0.2, 0.25) is 0 Å². The monoisotopic (exact) mass is 255 g/mol. The molecule has 1 aromatic rings. The Hall–Kier alpha value is -1.29. The second-order valence-corrected chi connectivity index (χ2v) is 6.62. The van der Waals surface area contributed by atoms with Gasteiger partial charge in [0.05, 0.1) is 6.07 Å². The predicted octanol–water partition coefficient (Wildman–Crippen LogP) is 4.93. The molecule has 1 heteroatoms. The lowest BCUT2D eigenvalue weighted by Gasteiger charge is -2.45. The maximum Gasteiger partial charge on any atom is 0.0625 e. The quantitative estimate of drug-likeness (QED) is 0.751. The van der Waals surface area contributed by atoms with Crippen molar-refractivity contribution in [1.29, 1.82) is 5.26 Å². The van der Waals surface area contributed by atoms with Crippen LogP contribution in [-0.2, 0) is 5.41 Å². The first-order valence-electron chi connectivity index (χ1n) is 7.50. The standard InChI is InChI=1S/C18H25N/c1-14(2)15-9-11-18(3,17(13-15)10-12-19)16-7-5-4-6-8-16/h4-8,14-15,17H,9-11,13H2,1-3H3. The first-order valence-corrected chi connectivity index (χ1v) is 7.50. The van der Waals surface area contributed by atoms with Gasteiger partial charge in [-0.3, -0.25) is 0 Å². The molecule has 0 aliphatic heterocycles. The molecule has 1 aromatic carbocycles. The van der Waals surface area contributed by atoms with E-state index in [1.165, 1.54) is 24.8 Å². The molecule has 0 bridgehead atoms. The highest BCUT2D eigenvalue weighted by Crippen LogP contribution is 2.48. The van der Waals surface area contributed by atoms with Gasteiger partial charge in [0, 0.05) is 6.42 Å². The first-order chi connectivity index (χ1) is 9.08. The fourth-order valence-electron chi connectivity index (χ4n) is 3.66. The Bertz CT molecular complexity index is 443. The number of nitriles is 1. The Morgan fingerprint density at radius 1 is 1.32 bits per heavy atom. The normalized spacial score (nSPS) is 31.1. The van der Waals surface area contributed by atoms with Gasteiger partial charge in [-0.15, -0.1) is 0 Å². The van der Waals surface area contributed by atoms with Gasteiger partial charge in [0.15, 0.2) is 0 Å². The SMILES string of the molecule is CC(C)C1CCC(C)(c2ccccc2)C(CC#N)C1. The third-order valence-corrected chi connectivity index (χ3v) is 5.24. The van der Waals surface area contributed by atoms with E-state index in [4.69, 9.17) is 0 Å². The molecular formula is C18H25N. The van der Waals surface area contributed by atoms with Gasteiger partial charge in [-0.1, -0.05) is 51.1 Å². The summed E-state index contributed by atoms with van der Waals surface area (Å²) < 4.78 is 0. The maximum absolute atomic E-state index is 9.17. The number of rotatable bonds is 3. The van der Waals surface area contributed by atoms with Crippen LogP contribution in [0.4, 0.5) is 0 Å². The van der Waals surface area contributed by atoms with Gasteiger partial charge in [-0.05, 0) is 48.0 Å². The second-order valence-electron chi connectivity index (χ2n) is 6.62. The fraction of sp³-hybridized carbons (Fsp3) is 0.611. The van der Waals surface area contributed by atoms with Crippen LogP contribution in [0.25, 0.3) is 0 Å². The van der Waals surface area contributed by atoms with Crippen molar-refractivity contribution in [2.24, 2.45) is 17.8 Å². The van der Waals surface area contributed by atoms with E-state index in [9.17, 15) is 5.26 Å². The van der Waals surface area contributed by atoms with Crippen molar-refractivity contribution < 1.29 is 0 Å². The summed E-state index contributed by atoms with van der Waals surface area (Å²) in [4.78, 5) is 0. The third-order valence-electron chi connectivity index (χ3n) is 5.24.